The van der Waals surface area contributed by atoms with Crippen molar-refractivity contribution >= 4 is 0 Å². The molecule has 0 aromatic rings. The highest BCUT2D eigenvalue weighted by Gasteiger charge is 2.64. The molecular formula is C15H26O. The Morgan fingerprint density at radius 2 is 1.56 bits per heavy atom. The van der Waals surface area contributed by atoms with Crippen LogP contribution in [0.15, 0.2) is 0 Å². The minimum absolute atomic E-state index is 0.376. The van der Waals surface area contributed by atoms with Crippen molar-refractivity contribution in [3.05, 3.63) is 0 Å². The second-order valence-electron chi connectivity index (χ2n) is 7.99. The normalized spacial score (nSPS) is 58.7. The Morgan fingerprint density at radius 1 is 0.938 bits per heavy atom. The van der Waals surface area contributed by atoms with Crippen LogP contribution in [0.25, 0.3) is 0 Å². The lowest BCUT2D eigenvalue weighted by Crippen LogP contribution is -2.46. The SMILES string of the molecule is CC1(C)C[C@]2(C)CC[C@@H]3[C@@H]2[C@H]1CC[C@@]3(C)O. The fourth-order valence-corrected chi connectivity index (χ4v) is 5.85. The van der Waals surface area contributed by atoms with Crippen molar-refractivity contribution in [3.8, 4) is 0 Å². The van der Waals surface area contributed by atoms with Crippen LogP contribution < -0.4 is 0 Å². The van der Waals surface area contributed by atoms with Gasteiger partial charge in [0.1, 0.15) is 0 Å². The van der Waals surface area contributed by atoms with E-state index in [9.17, 15) is 5.11 Å². The van der Waals surface area contributed by atoms with Crippen molar-refractivity contribution < 1.29 is 5.11 Å². The molecule has 0 heterocycles. The number of hydrogen-bond donors (Lipinski definition) is 1. The minimum atomic E-state index is -0.376. The van der Waals surface area contributed by atoms with Gasteiger partial charge in [-0.05, 0) is 67.6 Å². The zero-order chi connectivity index (χ0) is 11.8. The van der Waals surface area contributed by atoms with E-state index in [-0.39, 0.29) is 5.60 Å². The minimum Gasteiger partial charge on any atom is -0.390 e. The summed E-state index contributed by atoms with van der Waals surface area (Å²) < 4.78 is 0. The summed E-state index contributed by atoms with van der Waals surface area (Å²) in [6.45, 7) is 9.49. The summed E-state index contributed by atoms with van der Waals surface area (Å²) in [6.07, 6.45) is 6.26. The van der Waals surface area contributed by atoms with Gasteiger partial charge in [-0.2, -0.15) is 0 Å². The molecule has 3 fully saturated rings. The molecule has 0 aromatic heterocycles. The molecule has 0 amide bonds. The Morgan fingerprint density at radius 3 is 2.25 bits per heavy atom. The maximum atomic E-state index is 10.6. The summed E-state index contributed by atoms with van der Waals surface area (Å²) >= 11 is 0. The van der Waals surface area contributed by atoms with Crippen LogP contribution in [0.4, 0.5) is 0 Å². The third-order valence-electron chi connectivity index (χ3n) is 6.32. The highest BCUT2D eigenvalue weighted by atomic mass is 16.3. The fourth-order valence-electron chi connectivity index (χ4n) is 5.85. The first-order valence-electron chi connectivity index (χ1n) is 6.99. The van der Waals surface area contributed by atoms with Gasteiger partial charge in [0.2, 0.25) is 0 Å². The lowest BCUT2D eigenvalue weighted by Gasteiger charge is -2.46. The molecule has 0 aromatic carbocycles. The van der Waals surface area contributed by atoms with Gasteiger partial charge in [-0.1, -0.05) is 20.8 Å². The molecule has 0 bridgehead atoms. The van der Waals surface area contributed by atoms with E-state index in [0.717, 1.165) is 18.3 Å². The first-order valence-corrected chi connectivity index (χ1v) is 6.99. The lowest BCUT2D eigenvalue weighted by molar-refractivity contribution is -0.0822. The molecular weight excluding hydrogens is 196 g/mol. The highest BCUT2D eigenvalue weighted by Crippen LogP contribution is 2.70. The van der Waals surface area contributed by atoms with E-state index in [1.54, 1.807) is 0 Å². The molecule has 0 radical (unpaired) electrons. The second-order valence-corrected chi connectivity index (χ2v) is 7.99. The Labute approximate surface area is 99.6 Å². The first kappa shape index (κ1) is 11.1. The predicted molar refractivity (Wildman–Crippen MR) is 66.1 cm³/mol. The molecule has 3 rings (SSSR count). The van der Waals surface area contributed by atoms with E-state index >= 15 is 0 Å². The van der Waals surface area contributed by atoms with Crippen molar-refractivity contribution in [2.24, 2.45) is 28.6 Å². The van der Waals surface area contributed by atoms with Gasteiger partial charge in [-0.25, -0.2) is 0 Å². The standard InChI is InChI=1S/C15H26O/c1-13(2)9-14(3)7-5-11-12(14)10(13)6-8-15(11,4)16/h10-12,16H,5-9H2,1-4H3/t10-,11-,12+,14+,15-/m1/s1. The van der Waals surface area contributed by atoms with Gasteiger partial charge in [0.25, 0.3) is 0 Å². The van der Waals surface area contributed by atoms with E-state index in [4.69, 9.17) is 0 Å². The van der Waals surface area contributed by atoms with E-state index < -0.39 is 0 Å². The van der Waals surface area contributed by atoms with E-state index in [1.165, 1.54) is 25.7 Å². The number of rotatable bonds is 0. The van der Waals surface area contributed by atoms with Crippen molar-refractivity contribution in [2.45, 2.75) is 65.4 Å². The topological polar surface area (TPSA) is 20.2 Å². The van der Waals surface area contributed by atoms with Crippen molar-refractivity contribution in [1.82, 2.24) is 0 Å². The van der Waals surface area contributed by atoms with Crippen LogP contribution in [0.1, 0.15) is 59.8 Å². The molecule has 3 saturated carbocycles. The van der Waals surface area contributed by atoms with E-state index in [2.05, 4.69) is 27.7 Å². The molecule has 3 aliphatic rings. The smallest absolute Gasteiger partial charge is 0.0650 e. The van der Waals surface area contributed by atoms with Crippen LogP contribution in [-0.4, -0.2) is 10.7 Å². The lowest BCUT2D eigenvalue weighted by atomic mass is 9.61. The summed E-state index contributed by atoms with van der Waals surface area (Å²) in [6, 6.07) is 0. The van der Waals surface area contributed by atoms with Gasteiger partial charge in [-0.15, -0.1) is 0 Å². The second kappa shape index (κ2) is 2.85. The van der Waals surface area contributed by atoms with Crippen molar-refractivity contribution in [2.75, 3.05) is 0 Å². The summed E-state index contributed by atoms with van der Waals surface area (Å²) in [5, 5.41) is 10.6. The molecule has 0 saturated heterocycles. The Bertz CT molecular complexity index is 315. The largest absolute Gasteiger partial charge is 0.390 e. The van der Waals surface area contributed by atoms with Gasteiger partial charge in [0, 0.05) is 0 Å². The molecule has 1 heteroatoms. The van der Waals surface area contributed by atoms with Gasteiger partial charge in [0.15, 0.2) is 0 Å². The highest BCUT2D eigenvalue weighted by molar-refractivity contribution is 5.13. The zero-order valence-electron chi connectivity index (χ0n) is 11.2. The number of hydrogen-bond acceptors (Lipinski definition) is 1. The third-order valence-corrected chi connectivity index (χ3v) is 6.32. The van der Waals surface area contributed by atoms with Gasteiger partial charge < -0.3 is 5.11 Å². The van der Waals surface area contributed by atoms with Crippen LogP contribution in [0.3, 0.4) is 0 Å². The van der Waals surface area contributed by atoms with Crippen molar-refractivity contribution in [3.63, 3.8) is 0 Å². The summed E-state index contributed by atoms with van der Waals surface area (Å²) in [5.74, 6) is 2.24. The van der Waals surface area contributed by atoms with Crippen molar-refractivity contribution in [1.29, 1.82) is 0 Å². The molecule has 0 aliphatic heterocycles. The average molecular weight is 222 g/mol. The Hall–Kier alpha value is -0.0400. The fraction of sp³-hybridized carbons (Fsp3) is 1.00. The maximum absolute atomic E-state index is 10.6. The molecule has 0 unspecified atom stereocenters. The first-order chi connectivity index (χ1) is 7.26. The van der Waals surface area contributed by atoms with Crippen LogP contribution in [0.5, 0.6) is 0 Å². The van der Waals surface area contributed by atoms with Gasteiger partial charge in [0.05, 0.1) is 5.60 Å². The molecule has 92 valence electrons. The van der Waals surface area contributed by atoms with E-state index in [1.807, 2.05) is 0 Å². The molecule has 16 heavy (non-hydrogen) atoms. The van der Waals surface area contributed by atoms with Gasteiger partial charge >= 0.3 is 0 Å². The molecule has 1 nitrogen and oxygen atoms in total. The Kier molecular flexibility index (Phi) is 1.98. The maximum Gasteiger partial charge on any atom is 0.0650 e. The van der Waals surface area contributed by atoms with Gasteiger partial charge in [-0.3, -0.25) is 0 Å². The molecule has 3 aliphatic carbocycles. The molecule has 5 atom stereocenters. The predicted octanol–water partition coefficient (Wildman–Crippen LogP) is 3.61. The van der Waals surface area contributed by atoms with Crippen LogP contribution in [0.2, 0.25) is 0 Å². The third kappa shape index (κ3) is 1.21. The monoisotopic (exact) mass is 222 g/mol. The summed E-state index contributed by atoms with van der Waals surface area (Å²) in [7, 11) is 0. The number of aliphatic hydroxyl groups is 1. The Balaban J connectivity index is 2.02. The average Bonchev–Trinajstić information content (AvgIpc) is 2.51. The molecule has 1 N–H and O–H groups in total. The summed E-state index contributed by atoms with van der Waals surface area (Å²) in [4.78, 5) is 0. The zero-order valence-corrected chi connectivity index (χ0v) is 11.2. The van der Waals surface area contributed by atoms with Crippen LogP contribution in [0, 0.1) is 28.6 Å². The summed E-state index contributed by atoms with van der Waals surface area (Å²) in [5.41, 5.74) is 0.664. The quantitative estimate of drug-likeness (QED) is 0.664. The van der Waals surface area contributed by atoms with Crippen LogP contribution >= 0.6 is 0 Å². The van der Waals surface area contributed by atoms with Crippen LogP contribution in [-0.2, 0) is 0 Å². The molecule has 0 spiro atoms. The van der Waals surface area contributed by atoms with E-state index in [0.29, 0.717) is 16.7 Å².